The van der Waals surface area contributed by atoms with Crippen LogP contribution < -0.4 is 10.1 Å². The Bertz CT molecular complexity index is 1220. The van der Waals surface area contributed by atoms with Gasteiger partial charge in [-0.05, 0) is 43.9 Å². The van der Waals surface area contributed by atoms with Gasteiger partial charge in [0.15, 0.2) is 6.10 Å². The van der Waals surface area contributed by atoms with Crippen LogP contribution in [0.5, 0.6) is 5.75 Å². The van der Waals surface area contributed by atoms with Crippen molar-refractivity contribution < 1.29 is 22.7 Å². The van der Waals surface area contributed by atoms with E-state index in [1.165, 1.54) is 10.4 Å². The van der Waals surface area contributed by atoms with Crippen LogP contribution in [0.4, 0.5) is 5.69 Å². The number of carbonyl (C=O) groups is 2. The SMILES string of the molecule is Cc1cc2c(cc1S(=O)(=O)N1CCN(C(=O)C3(c4ccccc4)CC3)CC1)O[C@@H](C)C(=O)N2. The fourth-order valence-corrected chi connectivity index (χ4v) is 6.35. The number of hydrogen-bond acceptors (Lipinski definition) is 5. The minimum Gasteiger partial charge on any atom is -0.479 e. The maximum absolute atomic E-state index is 13.4. The Morgan fingerprint density at radius 3 is 2.39 bits per heavy atom. The summed E-state index contributed by atoms with van der Waals surface area (Å²) in [5.74, 6) is 0.176. The second kappa shape index (κ2) is 7.85. The fourth-order valence-electron chi connectivity index (χ4n) is 4.70. The molecule has 1 saturated heterocycles. The minimum absolute atomic E-state index is 0.0915. The lowest BCUT2D eigenvalue weighted by Gasteiger charge is -2.36. The molecule has 2 aromatic rings. The molecule has 0 aromatic heterocycles. The molecule has 33 heavy (non-hydrogen) atoms. The van der Waals surface area contributed by atoms with Crippen LogP contribution in [0.25, 0.3) is 0 Å². The molecule has 1 aliphatic carbocycles. The van der Waals surface area contributed by atoms with Gasteiger partial charge in [-0.3, -0.25) is 9.59 Å². The van der Waals surface area contributed by atoms with E-state index in [-0.39, 0.29) is 29.8 Å². The van der Waals surface area contributed by atoms with Gasteiger partial charge in [0.1, 0.15) is 5.75 Å². The van der Waals surface area contributed by atoms with Crippen molar-refractivity contribution in [1.29, 1.82) is 0 Å². The summed E-state index contributed by atoms with van der Waals surface area (Å²) >= 11 is 0. The highest BCUT2D eigenvalue weighted by molar-refractivity contribution is 7.89. The van der Waals surface area contributed by atoms with Crippen molar-refractivity contribution in [2.45, 2.75) is 43.1 Å². The second-order valence-corrected chi connectivity index (χ2v) is 10.9. The lowest BCUT2D eigenvalue weighted by molar-refractivity contribution is -0.135. The number of hydrogen-bond donors (Lipinski definition) is 1. The van der Waals surface area contributed by atoms with Crippen LogP contribution in [0.15, 0.2) is 47.4 Å². The molecule has 8 nitrogen and oxygen atoms in total. The number of sulfonamides is 1. The summed E-state index contributed by atoms with van der Waals surface area (Å²) < 4.78 is 33.9. The van der Waals surface area contributed by atoms with E-state index >= 15 is 0 Å². The van der Waals surface area contributed by atoms with Crippen LogP contribution in [0.3, 0.4) is 0 Å². The Balaban J connectivity index is 1.32. The van der Waals surface area contributed by atoms with Crippen LogP contribution in [-0.4, -0.2) is 61.7 Å². The molecule has 2 amide bonds. The zero-order valence-corrected chi connectivity index (χ0v) is 19.5. The summed E-state index contributed by atoms with van der Waals surface area (Å²) in [4.78, 5) is 27.1. The molecule has 3 aliphatic rings. The Morgan fingerprint density at radius 2 is 1.76 bits per heavy atom. The summed E-state index contributed by atoms with van der Waals surface area (Å²) in [6.07, 6.45) is 0.972. The van der Waals surface area contributed by atoms with E-state index in [4.69, 9.17) is 4.74 Å². The minimum atomic E-state index is -3.78. The first-order chi connectivity index (χ1) is 15.7. The molecule has 1 saturated carbocycles. The van der Waals surface area contributed by atoms with Crippen molar-refractivity contribution in [1.82, 2.24) is 9.21 Å². The zero-order valence-electron chi connectivity index (χ0n) is 18.7. The number of carbonyl (C=O) groups excluding carboxylic acids is 2. The molecule has 0 unspecified atom stereocenters. The highest BCUT2D eigenvalue weighted by atomic mass is 32.2. The third kappa shape index (κ3) is 3.69. The zero-order chi connectivity index (χ0) is 23.4. The Kier molecular flexibility index (Phi) is 5.21. The van der Waals surface area contributed by atoms with E-state index in [0.717, 1.165) is 18.4 Å². The summed E-state index contributed by atoms with van der Waals surface area (Å²) in [6, 6.07) is 12.9. The average molecular weight is 470 g/mol. The summed E-state index contributed by atoms with van der Waals surface area (Å²) in [6.45, 7) is 4.52. The number of anilines is 1. The second-order valence-electron chi connectivity index (χ2n) is 9.01. The maximum Gasteiger partial charge on any atom is 0.265 e. The molecule has 174 valence electrons. The highest BCUT2D eigenvalue weighted by Crippen LogP contribution is 2.49. The number of benzene rings is 2. The normalized spacial score (nSPS) is 22.2. The number of aryl methyl sites for hydroxylation is 1. The van der Waals surface area contributed by atoms with Gasteiger partial charge in [-0.15, -0.1) is 0 Å². The van der Waals surface area contributed by atoms with Crippen molar-refractivity contribution in [3.63, 3.8) is 0 Å². The number of fused-ring (bicyclic) bond motifs is 1. The van der Waals surface area contributed by atoms with Gasteiger partial charge in [0, 0.05) is 32.2 Å². The van der Waals surface area contributed by atoms with Crippen LogP contribution >= 0.6 is 0 Å². The predicted molar refractivity (Wildman–Crippen MR) is 123 cm³/mol. The van der Waals surface area contributed by atoms with Crippen molar-refractivity contribution in [2.24, 2.45) is 0 Å². The van der Waals surface area contributed by atoms with Gasteiger partial charge in [0.05, 0.1) is 16.0 Å². The van der Waals surface area contributed by atoms with Gasteiger partial charge in [-0.2, -0.15) is 4.31 Å². The average Bonchev–Trinajstić information content (AvgIpc) is 3.62. The van der Waals surface area contributed by atoms with Crippen LogP contribution in [0, 0.1) is 6.92 Å². The van der Waals surface area contributed by atoms with Gasteiger partial charge in [-0.1, -0.05) is 30.3 Å². The summed E-state index contributed by atoms with van der Waals surface area (Å²) in [5, 5.41) is 2.74. The van der Waals surface area contributed by atoms with E-state index in [2.05, 4.69) is 5.32 Å². The van der Waals surface area contributed by atoms with Gasteiger partial charge < -0.3 is 15.0 Å². The quantitative estimate of drug-likeness (QED) is 0.741. The molecule has 0 radical (unpaired) electrons. The number of ether oxygens (including phenoxy) is 1. The Labute approximate surface area is 193 Å². The standard InChI is InChI=1S/C24H27N3O5S/c1-16-14-19-20(32-17(2)22(28)25-19)15-21(16)33(30,31)27-12-10-26(11-13-27)23(29)24(8-9-24)18-6-4-3-5-7-18/h3-7,14-15,17H,8-13H2,1-2H3,(H,25,28)/t17-/m0/s1. The molecule has 1 N–H and O–H groups in total. The van der Waals surface area contributed by atoms with Crippen molar-refractivity contribution in [2.75, 3.05) is 31.5 Å². The van der Waals surface area contributed by atoms with Crippen LogP contribution in [-0.2, 0) is 25.0 Å². The third-order valence-electron chi connectivity index (χ3n) is 6.84. The topological polar surface area (TPSA) is 96.0 Å². The fraction of sp³-hybridized carbons (Fsp3) is 0.417. The van der Waals surface area contributed by atoms with E-state index in [9.17, 15) is 18.0 Å². The molecule has 1 atom stereocenters. The first-order valence-electron chi connectivity index (χ1n) is 11.2. The number of amides is 2. The largest absolute Gasteiger partial charge is 0.479 e. The first kappa shape index (κ1) is 21.9. The van der Waals surface area contributed by atoms with E-state index in [1.54, 1.807) is 24.8 Å². The van der Waals surface area contributed by atoms with Crippen molar-refractivity contribution in [3.05, 3.63) is 53.6 Å². The first-order valence-corrected chi connectivity index (χ1v) is 12.6. The number of piperazine rings is 1. The lowest BCUT2D eigenvalue weighted by atomic mass is 9.94. The molecule has 5 rings (SSSR count). The van der Waals surface area contributed by atoms with Crippen LogP contribution in [0.2, 0.25) is 0 Å². The number of nitrogens with one attached hydrogen (secondary N) is 1. The van der Waals surface area contributed by atoms with E-state index < -0.39 is 21.5 Å². The molecule has 2 aliphatic heterocycles. The number of nitrogens with zero attached hydrogens (tertiary/aromatic N) is 2. The Hall–Kier alpha value is -2.91. The van der Waals surface area contributed by atoms with Crippen molar-refractivity contribution in [3.8, 4) is 5.75 Å². The molecular weight excluding hydrogens is 442 g/mol. The molecule has 2 fully saturated rings. The lowest BCUT2D eigenvalue weighted by Crippen LogP contribution is -2.53. The van der Waals surface area contributed by atoms with Gasteiger partial charge in [-0.25, -0.2) is 8.42 Å². The predicted octanol–water partition coefficient (Wildman–Crippen LogP) is 2.28. The molecule has 2 aromatic carbocycles. The van der Waals surface area contributed by atoms with Crippen LogP contribution in [0.1, 0.15) is 30.9 Å². The van der Waals surface area contributed by atoms with Gasteiger partial charge in [0.2, 0.25) is 15.9 Å². The smallest absolute Gasteiger partial charge is 0.265 e. The summed E-state index contributed by atoms with van der Waals surface area (Å²) in [5.41, 5.74) is 1.60. The molecule has 2 heterocycles. The summed E-state index contributed by atoms with van der Waals surface area (Å²) in [7, 11) is -3.78. The van der Waals surface area contributed by atoms with E-state index in [1.807, 2.05) is 30.3 Å². The highest BCUT2D eigenvalue weighted by Gasteiger charge is 2.53. The third-order valence-corrected chi connectivity index (χ3v) is 8.88. The van der Waals surface area contributed by atoms with Crippen molar-refractivity contribution >= 4 is 27.5 Å². The molecular formula is C24H27N3O5S. The monoisotopic (exact) mass is 469 g/mol. The Morgan fingerprint density at radius 1 is 1.09 bits per heavy atom. The van der Waals surface area contributed by atoms with Gasteiger partial charge in [0.25, 0.3) is 5.91 Å². The number of rotatable bonds is 4. The molecule has 0 bridgehead atoms. The van der Waals surface area contributed by atoms with Gasteiger partial charge >= 0.3 is 0 Å². The molecule has 9 heteroatoms. The maximum atomic E-state index is 13.4. The van der Waals surface area contributed by atoms with E-state index in [0.29, 0.717) is 30.1 Å². The molecule has 0 spiro atoms.